The highest BCUT2D eigenvalue weighted by atomic mass is 16.3. The topological polar surface area (TPSA) is 77.8 Å². The molecule has 14 heavy (non-hydrogen) atoms. The lowest BCUT2D eigenvalue weighted by Crippen LogP contribution is -1.96. The SMILES string of the molecule is CCc1cc(O)c(CO)c(O)c1C=O. The van der Waals surface area contributed by atoms with Crippen molar-refractivity contribution in [2.24, 2.45) is 0 Å². The Morgan fingerprint density at radius 3 is 2.50 bits per heavy atom. The summed E-state index contributed by atoms with van der Waals surface area (Å²) in [5.41, 5.74) is 0.686. The molecule has 0 saturated heterocycles. The predicted octanol–water partition coefficient (Wildman–Crippen LogP) is 0.965. The zero-order valence-electron chi connectivity index (χ0n) is 7.82. The first-order valence-electron chi connectivity index (χ1n) is 4.28. The quantitative estimate of drug-likeness (QED) is 0.629. The van der Waals surface area contributed by atoms with Gasteiger partial charge in [-0.05, 0) is 18.1 Å². The van der Waals surface area contributed by atoms with Gasteiger partial charge in [0.05, 0.1) is 17.7 Å². The normalized spacial score (nSPS) is 10.1. The molecule has 0 aliphatic heterocycles. The van der Waals surface area contributed by atoms with Gasteiger partial charge in [-0.3, -0.25) is 4.79 Å². The van der Waals surface area contributed by atoms with E-state index in [1.54, 1.807) is 6.92 Å². The van der Waals surface area contributed by atoms with Gasteiger partial charge in [0.2, 0.25) is 0 Å². The largest absolute Gasteiger partial charge is 0.507 e. The van der Waals surface area contributed by atoms with E-state index in [0.29, 0.717) is 18.3 Å². The number of hydrogen-bond acceptors (Lipinski definition) is 4. The Morgan fingerprint density at radius 1 is 1.43 bits per heavy atom. The number of rotatable bonds is 3. The van der Waals surface area contributed by atoms with Crippen LogP contribution in [0.2, 0.25) is 0 Å². The van der Waals surface area contributed by atoms with Gasteiger partial charge >= 0.3 is 0 Å². The average molecular weight is 196 g/mol. The Balaban J connectivity index is 3.46. The molecule has 4 nitrogen and oxygen atoms in total. The molecule has 1 aromatic rings. The van der Waals surface area contributed by atoms with Crippen LogP contribution in [0.1, 0.15) is 28.4 Å². The molecule has 0 saturated carbocycles. The van der Waals surface area contributed by atoms with Gasteiger partial charge < -0.3 is 15.3 Å². The van der Waals surface area contributed by atoms with Gasteiger partial charge in [0.1, 0.15) is 11.5 Å². The van der Waals surface area contributed by atoms with Crippen molar-refractivity contribution >= 4 is 6.29 Å². The zero-order chi connectivity index (χ0) is 10.7. The van der Waals surface area contributed by atoms with Gasteiger partial charge in [-0.1, -0.05) is 6.92 Å². The first kappa shape index (κ1) is 10.5. The average Bonchev–Trinajstić information content (AvgIpc) is 2.17. The number of aromatic hydroxyl groups is 2. The minimum absolute atomic E-state index is 0.00991. The summed E-state index contributed by atoms with van der Waals surface area (Å²) in [6, 6.07) is 1.38. The molecule has 3 N–H and O–H groups in total. The molecule has 0 aliphatic rings. The Morgan fingerprint density at radius 2 is 2.07 bits per heavy atom. The highest BCUT2D eigenvalue weighted by Crippen LogP contribution is 2.32. The van der Waals surface area contributed by atoms with Crippen LogP contribution in [0.3, 0.4) is 0 Å². The maximum absolute atomic E-state index is 10.7. The predicted molar refractivity (Wildman–Crippen MR) is 50.5 cm³/mol. The lowest BCUT2D eigenvalue weighted by Gasteiger charge is -2.10. The maximum Gasteiger partial charge on any atom is 0.154 e. The second kappa shape index (κ2) is 4.11. The molecule has 1 aromatic carbocycles. The number of benzene rings is 1. The van der Waals surface area contributed by atoms with Crippen LogP contribution in [0.5, 0.6) is 11.5 Å². The molecular weight excluding hydrogens is 184 g/mol. The van der Waals surface area contributed by atoms with Gasteiger partial charge in [-0.15, -0.1) is 0 Å². The van der Waals surface area contributed by atoms with E-state index in [0.717, 1.165) is 0 Å². The number of aliphatic hydroxyl groups is 1. The Kier molecular flexibility index (Phi) is 3.09. The van der Waals surface area contributed by atoms with E-state index in [4.69, 9.17) is 5.11 Å². The Labute approximate surface area is 81.4 Å². The molecule has 0 heterocycles. The summed E-state index contributed by atoms with van der Waals surface area (Å²) in [6.07, 6.45) is 1.05. The number of carbonyl (C=O) groups is 1. The molecule has 4 heteroatoms. The van der Waals surface area contributed by atoms with Crippen molar-refractivity contribution in [3.63, 3.8) is 0 Å². The Hall–Kier alpha value is -1.55. The molecule has 0 atom stereocenters. The molecule has 0 radical (unpaired) electrons. The maximum atomic E-state index is 10.7. The first-order chi connectivity index (χ1) is 6.65. The fraction of sp³-hybridized carbons (Fsp3) is 0.300. The van der Waals surface area contributed by atoms with E-state index >= 15 is 0 Å². The third-order valence-electron chi connectivity index (χ3n) is 2.16. The van der Waals surface area contributed by atoms with E-state index < -0.39 is 6.61 Å². The number of phenols is 2. The molecule has 0 amide bonds. The number of aliphatic hydroxyl groups excluding tert-OH is 1. The van der Waals surface area contributed by atoms with Gasteiger partial charge in [0.15, 0.2) is 6.29 Å². The molecule has 0 spiro atoms. The standard InChI is InChI=1S/C10H12O4/c1-2-6-3-9(13)8(5-12)10(14)7(6)4-11/h3-4,12-14H,2,5H2,1H3. The van der Waals surface area contributed by atoms with Crippen LogP contribution >= 0.6 is 0 Å². The molecule has 0 unspecified atom stereocenters. The zero-order valence-corrected chi connectivity index (χ0v) is 7.82. The van der Waals surface area contributed by atoms with Crippen molar-refractivity contribution in [1.82, 2.24) is 0 Å². The van der Waals surface area contributed by atoms with Gasteiger partial charge in [-0.2, -0.15) is 0 Å². The van der Waals surface area contributed by atoms with Crippen LogP contribution in [0.25, 0.3) is 0 Å². The second-order valence-electron chi connectivity index (χ2n) is 2.93. The summed E-state index contributed by atoms with van der Waals surface area (Å²) in [7, 11) is 0. The number of aryl methyl sites for hydroxylation is 1. The monoisotopic (exact) mass is 196 g/mol. The van der Waals surface area contributed by atoms with Crippen molar-refractivity contribution in [3.05, 3.63) is 22.8 Å². The third kappa shape index (κ3) is 1.56. The smallest absolute Gasteiger partial charge is 0.154 e. The number of aldehydes is 1. The number of carbonyl (C=O) groups excluding carboxylic acids is 1. The molecule has 0 bridgehead atoms. The molecular formula is C10H12O4. The van der Waals surface area contributed by atoms with Crippen LogP contribution in [-0.4, -0.2) is 21.6 Å². The van der Waals surface area contributed by atoms with Crippen molar-refractivity contribution < 1.29 is 20.1 Å². The summed E-state index contributed by atoms with van der Waals surface area (Å²) >= 11 is 0. The van der Waals surface area contributed by atoms with Crippen LogP contribution < -0.4 is 0 Å². The van der Waals surface area contributed by atoms with Crippen molar-refractivity contribution in [1.29, 1.82) is 0 Å². The van der Waals surface area contributed by atoms with Crippen molar-refractivity contribution in [2.75, 3.05) is 0 Å². The summed E-state index contributed by atoms with van der Waals surface area (Å²) in [5.74, 6) is -0.521. The highest BCUT2D eigenvalue weighted by molar-refractivity contribution is 5.83. The molecule has 76 valence electrons. The van der Waals surface area contributed by atoms with Crippen molar-refractivity contribution in [2.45, 2.75) is 20.0 Å². The highest BCUT2D eigenvalue weighted by Gasteiger charge is 2.15. The summed E-state index contributed by atoms with van der Waals surface area (Å²) in [4.78, 5) is 10.7. The van der Waals surface area contributed by atoms with Crippen molar-refractivity contribution in [3.8, 4) is 11.5 Å². The summed E-state index contributed by atoms with van der Waals surface area (Å²) in [5, 5.41) is 27.8. The van der Waals surface area contributed by atoms with Crippen LogP contribution in [0, 0.1) is 0 Å². The van der Waals surface area contributed by atoms with E-state index in [9.17, 15) is 15.0 Å². The van der Waals surface area contributed by atoms with Gasteiger partial charge in [-0.25, -0.2) is 0 Å². The first-order valence-corrected chi connectivity index (χ1v) is 4.28. The fourth-order valence-corrected chi connectivity index (χ4v) is 1.35. The summed E-state index contributed by atoms with van der Waals surface area (Å²) in [6.45, 7) is 1.31. The van der Waals surface area contributed by atoms with Crippen LogP contribution in [0.4, 0.5) is 0 Å². The minimum atomic E-state index is -0.498. The fourth-order valence-electron chi connectivity index (χ4n) is 1.35. The van der Waals surface area contributed by atoms with E-state index in [-0.39, 0.29) is 22.6 Å². The van der Waals surface area contributed by atoms with Crippen LogP contribution in [-0.2, 0) is 13.0 Å². The van der Waals surface area contributed by atoms with Gasteiger partial charge in [0.25, 0.3) is 0 Å². The molecule has 0 aromatic heterocycles. The van der Waals surface area contributed by atoms with E-state index in [1.165, 1.54) is 6.07 Å². The second-order valence-corrected chi connectivity index (χ2v) is 2.93. The van der Waals surface area contributed by atoms with E-state index in [2.05, 4.69) is 0 Å². The lowest BCUT2D eigenvalue weighted by molar-refractivity contribution is 0.111. The van der Waals surface area contributed by atoms with Crippen LogP contribution in [0.15, 0.2) is 6.07 Å². The Bertz CT molecular complexity index is 358. The van der Waals surface area contributed by atoms with Gasteiger partial charge in [0, 0.05) is 0 Å². The molecule has 1 rings (SSSR count). The lowest BCUT2D eigenvalue weighted by atomic mass is 10.0. The minimum Gasteiger partial charge on any atom is -0.507 e. The molecule has 0 fully saturated rings. The third-order valence-corrected chi connectivity index (χ3v) is 2.16. The van der Waals surface area contributed by atoms with E-state index in [1.807, 2.05) is 0 Å². The molecule has 0 aliphatic carbocycles. The number of hydrogen-bond donors (Lipinski definition) is 3. The summed E-state index contributed by atoms with van der Waals surface area (Å²) < 4.78 is 0.